The number of carbonyl (C=O) groups is 3. The lowest BCUT2D eigenvalue weighted by Crippen LogP contribution is -2.50. The van der Waals surface area contributed by atoms with Crippen molar-refractivity contribution in [3.8, 4) is 28.5 Å². The summed E-state index contributed by atoms with van der Waals surface area (Å²) in [5.74, 6) is 0.780. The third-order valence-corrected chi connectivity index (χ3v) is 16.4. The summed E-state index contributed by atoms with van der Waals surface area (Å²) < 4.78 is 63.0. The number of unbranched alkanes of at least 4 members (excludes halogenated alkanes) is 8. The summed E-state index contributed by atoms with van der Waals surface area (Å²) in [5.41, 5.74) is 4.62. The van der Waals surface area contributed by atoms with E-state index in [9.17, 15) is 27.6 Å². The van der Waals surface area contributed by atoms with Gasteiger partial charge >= 0.3 is 5.69 Å². The highest BCUT2D eigenvalue weighted by Gasteiger charge is 2.29. The summed E-state index contributed by atoms with van der Waals surface area (Å²) in [6.07, 6.45) is 19.3. The number of aromatic nitrogens is 7. The highest BCUT2D eigenvalue weighted by Crippen LogP contribution is 2.41. The van der Waals surface area contributed by atoms with Gasteiger partial charge in [0.25, 0.3) is 21.8 Å². The Morgan fingerprint density at radius 3 is 2.21 bits per heavy atom. The fraction of sp³-hybridized carbons (Fsp3) is 0.383. The number of nitrogens with zero attached hydrogens (tertiary/aromatic N) is 8. The molecule has 2 fully saturated rings. The standard InChI is InChI=1S/C60H69FN12O8S/c1-4-30-80-44-17-15-18-45(33-44)81-54-35-52-51(69(2)60(77)70(52)3)34-49(54)68-82(78,79)46-19-14-16-41(31-46)58(75)62-25-13-11-9-7-5-6-8-10-12-20-55(74)71-26-28-72(29-27-71)59(76)42-23-24-48(47(61)32-42)66-56-57-63-38-53(43-36-64-65-37-43)73(57)39-50(67-56)40-21-22-40/h14-19,23-24,31-40,68H,4-13,20-22,25-30H2,1-3H3,(H,62,75)(H,64,65)(H,66,67). The van der Waals surface area contributed by atoms with Crippen LogP contribution in [0.4, 0.5) is 21.6 Å². The van der Waals surface area contributed by atoms with E-state index >= 15 is 4.39 Å². The molecule has 3 amide bonds. The number of halogens is 1. The van der Waals surface area contributed by atoms with E-state index in [1.165, 1.54) is 33.4 Å². The molecule has 82 heavy (non-hydrogen) atoms. The number of hydrogen-bond donors (Lipinski definition) is 4. The Kier molecular flexibility index (Phi) is 17.6. The molecule has 1 saturated heterocycles. The third-order valence-electron chi connectivity index (χ3n) is 15.1. The monoisotopic (exact) mass is 1140 g/mol. The van der Waals surface area contributed by atoms with Gasteiger partial charge in [0, 0.05) is 100 Å². The second kappa shape index (κ2) is 25.5. The van der Waals surface area contributed by atoms with E-state index < -0.39 is 15.8 Å². The lowest BCUT2D eigenvalue weighted by Gasteiger charge is -2.35. The predicted octanol–water partition coefficient (Wildman–Crippen LogP) is 10.1. The minimum atomic E-state index is -4.24. The Balaban J connectivity index is 0.604. The first-order valence-electron chi connectivity index (χ1n) is 28.3. The Morgan fingerprint density at radius 2 is 1.49 bits per heavy atom. The van der Waals surface area contributed by atoms with Gasteiger partial charge in [0.1, 0.15) is 17.3 Å². The maximum Gasteiger partial charge on any atom is 0.328 e. The van der Waals surface area contributed by atoms with Crippen LogP contribution in [0.1, 0.15) is 123 Å². The van der Waals surface area contributed by atoms with E-state index in [4.69, 9.17) is 14.5 Å². The zero-order valence-corrected chi connectivity index (χ0v) is 47.3. The van der Waals surface area contributed by atoms with E-state index in [1.807, 2.05) is 22.4 Å². The molecule has 0 unspecified atom stereocenters. The molecule has 5 heterocycles. The molecule has 0 radical (unpaired) electrons. The quantitative estimate of drug-likeness (QED) is 0.0371. The number of anilines is 3. The molecule has 2 aliphatic rings. The molecule has 22 heteroatoms. The van der Waals surface area contributed by atoms with Gasteiger partial charge in [-0.1, -0.05) is 64.0 Å². The molecule has 8 aromatic rings. The van der Waals surface area contributed by atoms with Crippen LogP contribution in [0.2, 0.25) is 0 Å². The molecule has 4 N–H and O–H groups in total. The maximum absolute atomic E-state index is 15.7. The molecule has 0 atom stereocenters. The zero-order chi connectivity index (χ0) is 57.3. The van der Waals surface area contributed by atoms with Gasteiger partial charge in [-0.2, -0.15) is 5.10 Å². The fourth-order valence-electron chi connectivity index (χ4n) is 10.3. The molecule has 0 spiro atoms. The van der Waals surface area contributed by atoms with Crippen molar-refractivity contribution < 1.29 is 36.7 Å². The summed E-state index contributed by atoms with van der Waals surface area (Å²) >= 11 is 0. The molecular formula is C60H69FN12O8S. The number of carbonyl (C=O) groups excluding carboxylic acids is 3. The SMILES string of the molecule is CCCOc1cccc(Oc2cc3c(cc2NS(=O)(=O)c2cccc(C(=O)NCCCCCCCCCCCC(=O)N4CCN(C(=O)c5ccc(Nc6nc(C7CC7)cn7c(-c8cn[nH]c8)cnc67)c(F)c5)CC4)c2)n(C)c(=O)n3C)c1. The summed E-state index contributed by atoms with van der Waals surface area (Å²) in [6, 6.07) is 20.4. The average Bonchev–Trinajstić information content (AvgIpc) is 3.92. The summed E-state index contributed by atoms with van der Waals surface area (Å²) in [4.78, 5) is 65.4. The van der Waals surface area contributed by atoms with Crippen LogP contribution in [0.3, 0.4) is 0 Å². The van der Waals surface area contributed by atoms with E-state index in [-0.39, 0.29) is 56.6 Å². The van der Waals surface area contributed by atoms with E-state index in [2.05, 4.69) is 30.5 Å². The van der Waals surface area contributed by atoms with Crippen LogP contribution < -0.4 is 30.5 Å². The van der Waals surface area contributed by atoms with E-state index in [0.717, 1.165) is 94.0 Å². The van der Waals surface area contributed by atoms with Gasteiger partial charge in [-0.15, -0.1) is 0 Å². The number of fused-ring (bicyclic) bond motifs is 2. The van der Waals surface area contributed by atoms with Crippen LogP contribution in [0.5, 0.6) is 17.2 Å². The maximum atomic E-state index is 15.7. The number of benzene rings is 4. The number of imidazole rings is 2. The number of sulfonamides is 1. The second-order valence-electron chi connectivity index (χ2n) is 21.1. The largest absolute Gasteiger partial charge is 0.493 e. The number of amides is 3. The second-order valence-corrected chi connectivity index (χ2v) is 22.8. The van der Waals surface area contributed by atoms with Crippen LogP contribution in [0.25, 0.3) is 27.9 Å². The van der Waals surface area contributed by atoms with Gasteiger partial charge in [-0.25, -0.2) is 27.6 Å². The molecule has 4 aromatic carbocycles. The third kappa shape index (κ3) is 13.3. The molecule has 4 aromatic heterocycles. The van der Waals surface area contributed by atoms with Crippen LogP contribution in [-0.2, 0) is 28.9 Å². The van der Waals surface area contributed by atoms with Crippen molar-refractivity contribution in [2.75, 3.05) is 49.4 Å². The lowest BCUT2D eigenvalue weighted by atomic mass is 10.1. The minimum Gasteiger partial charge on any atom is -0.493 e. The van der Waals surface area contributed by atoms with E-state index in [1.54, 1.807) is 92.2 Å². The number of hydrogen-bond acceptors (Lipinski definition) is 12. The van der Waals surface area contributed by atoms with Crippen LogP contribution in [0, 0.1) is 5.82 Å². The Bertz CT molecular complexity index is 3770. The van der Waals surface area contributed by atoms with Crippen molar-refractivity contribution in [2.24, 2.45) is 14.1 Å². The number of rotatable bonds is 26. The van der Waals surface area contributed by atoms with Gasteiger partial charge in [-0.3, -0.25) is 37.7 Å². The van der Waals surface area contributed by atoms with Crippen molar-refractivity contribution >= 4 is 61.6 Å². The summed E-state index contributed by atoms with van der Waals surface area (Å²) in [7, 11) is -1.00. The predicted molar refractivity (Wildman–Crippen MR) is 311 cm³/mol. The number of piperazine rings is 1. The lowest BCUT2D eigenvalue weighted by molar-refractivity contribution is -0.132. The Hall–Kier alpha value is -8.53. The highest BCUT2D eigenvalue weighted by atomic mass is 32.2. The molecule has 1 aliphatic carbocycles. The number of aryl methyl sites for hydroxylation is 2. The zero-order valence-electron chi connectivity index (χ0n) is 46.5. The van der Waals surface area contributed by atoms with Crippen molar-refractivity contribution in [3.05, 3.63) is 137 Å². The van der Waals surface area contributed by atoms with Gasteiger partial charge < -0.3 is 29.9 Å². The molecule has 1 saturated carbocycles. The normalized spacial score (nSPS) is 13.7. The first-order chi connectivity index (χ1) is 39.7. The Morgan fingerprint density at radius 1 is 0.780 bits per heavy atom. The van der Waals surface area contributed by atoms with Gasteiger partial charge in [0.05, 0.1) is 57.7 Å². The van der Waals surface area contributed by atoms with Crippen molar-refractivity contribution in [1.29, 1.82) is 0 Å². The molecule has 10 rings (SSSR count). The number of H-pyrrole nitrogens is 1. The van der Waals surface area contributed by atoms with Gasteiger partial charge in [0.15, 0.2) is 17.2 Å². The topological polar surface area (TPSA) is 232 Å². The smallest absolute Gasteiger partial charge is 0.328 e. The van der Waals surface area contributed by atoms with Crippen LogP contribution in [0.15, 0.2) is 113 Å². The van der Waals surface area contributed by atoms with Crippen LogP contribution >= 0.6 is 0 Å². The van der Waals surface area contributed by atoms with Gasteiger partial charge in [-0.05, 0) is 86.7 Å². The minimum absolute atomic E-state index is 0.0856. The molecule has 1 aliphatic heterocycles. The first-order valence-corrected chi connectivity index (χ1v) is 29.7. The number of nitrogens with one attached hydrogen (secondary N) is 4. The average molecular weight is 1140 g/mol. The molecular weight excluding hydrogens is 1070 g/mol. The van der Waals surface area contributed by atoms with E-state index in [0.29, 0.717) is 85.7 Å². The summed E-state index contributed by atoms with van der Waals surface area (Å²) in [5, 5.41) is 13.0. The molecule has 430 valence electrons. The summed E-state index contributed by atoms with van der Waals surface area (Å²) in [6.45, 7) is 4.57. The number of aromatic amines is 1. The fourth-order valence-corrected chi connectivity index (χ4v) is 11.4. The Labute approximate surface area is 475 Å². The van der Waals surface area contributed by atoms with Crippen molar-refractivity contribution in [1.82, 2.24) is 48.8 Å². The molecule has 0 bridgehead atoms. The van der Waals surface area contributed by atoms with Gasteiger partial charge in [0.2, 0.25) is 5.91 Å². The van der Waals surface area contributed by atoms with Crippen molar-refractivity contribution in [2.45, 2.75) is 101 Å². The highest BCUT2D eigenvalue weighted by molar-refractivity contribution is 7.92. The molecule has 20 nitrogen and oxygen atoms in total. The number of ether oxygens (including phenoxy) is 2. The van der Waals surface area contributed by atoms with Crippen LogP contribution in [-0.4, -0.2) is 109 Å². The first kappa shape index (κ1) is 56.7. The van der Waals surface area contributed by atoms with Crippen molar-refractivity contribution in [3.63, 3.8) is 0 Å².